The van der Waals surface area contributed by atoms with Gasteiger partial charge in [-0.05, 0) is 24.3 Å². The molecule has 0 unspecified atom stereocenters. The van der Waals surface area contributed by atoms with Gasteiger partial charge >= 0.3 is 0 Å². The molecule has 0 radical (unpaired) electrons. The minimum absolute atomic E-state index is 0. The molecule has 0 saturated heterocycles. The molecule has 0 N–H and O–H groups in total. The van der Waals surface area contributed by atoms with Crippen LogP contribution < -0.4 is 0 Å². The quantitative estimate of drug-likeness (QED) is 0.657. The molecule has 64 valence electrons. The highest BCUT2D eigenvalue weighted by Crippen LogP contribution is 2.04. The van der Waals surface area contributed by atoms with Gasteiger partial charge < -0.3 is 0 Å². The van der Waals surface area contributed by atoms with Crippen LogP contribution in [0, 0.1) is 0 Å². The van der Waals surface area contributed by atoms with Gasteiger partial charge in [0.25, 0.3) is 0 Å². The van der Waals surface area contributed by atoms with E-state index in [9.17, 15) is 0 Å². The normalized spacial score (nSPS) is 8.33. The fourth-order valence-corrected chi connectivity index (χ4v) is 0.904. The summed E-state index contributed by atoms with van der Waals surface area (Å²) in [5, 5.41) is 0. The molecule has 0 aliphatic rings. The van der Waals surface area contributed by atoms with E-state index in [1.54, 1.807) is 12.4 Å². The first kappa shape index (κ1) is 11.1. The van der Waals surface area contributed by atoms with Gasteiger partial charge in [0.15, 0.2) is 0 Å². The third-order valence-corrected chi connectivity index (χ3v) is 1.37. The number of pyridine rings is 2. The molecule has 0 aliphatic carbocycles. The zero-order valence-electron chi connectivity index (χ0n) is 6.18. The van der Waals surface area contributed by atoms with Crippen LogP contribution in [0.2, 0.25) is 0 Å². The van der Waals surface area contributed by atoms with E-state index in [0.717, 1.165) is 11.0 Å². The summed E-state index contributed by atoms with van der Waals surface area (Å²) >= 11 is 0. The van der Waals surface area contributed by atoms with Gasteiger partial charge in [-0.2, -0.15) is 0 Å². The van der Waals surface area contributed by atoms with Crippen molar-refractivity contribution in [2.45, 2.75) is 0 Å². The average molecular weight is 203 g/mol. The van der Waals surface area contributed by atoms with Gasteiger partial charge in [-0.3, -0.25) is 9.97 Å². The van der Waals surface area contributed by atoms with Crippen molar-refractivity contribution in [1.29, 1.82) is 0 Å². The third-order valence-electron chi connectivity index (χ3n) is 1.37. The predicted molar refractivity (Wildman–Crippen MR) is 54.0 cm³/mol. The van der Waals surface area contributed by atoms with Crippen molar-refractivity contribution in [2.75, 3.05) is 0 Å². The van der Waals surface area contributed by atoms with Gasteiger partial charge in [0.05, 0.1) is 11.0 Å². The number of fused-ring (bicyclic) bond motifs is 1. The lowest BCUT2D eigenvalue weighted by Gasteiger charge is -1.90. The summed E-state index contributed by atoms with van der Waals surface area (Å²) in [5.41, 5.74) is 1.90. The Labute approximate surface area is 82.9 Å². The summed E-state index contributed by atoms with van der Waals surface area (Å²) in [6, 6.07) is 7.66. The lowest BCUT2D eigenvalue weighted by molar-refractivity contribution is 1.34. The van der Waals surface area contributed by atoms with E-state index in [-0.39, 0.29) is 24.8 Å². The summed E-state index contributed by atoms with van der Waals surface area (Å²) in [5.74, 6) is 0. The Bertz CT molecular complexity index is 286. The number of halogens is 2. The van der Waals surface area contributed by atoms with Crippen molar-refractivity contribution in [3.05, 3.63) is 36.7 Å². The third kappa shape index (κ3) is 2.06. The highest BCUT2D eigenvalue weighted by molar-refractivity contribution is 5.85. The van der Waals surface area contributed by atoms with Crippen LogP contribution in [0.5, 0.6) is 0 Å². The van der Waals surface area contributed by atoms with E-state index in [1.165, 1.54) is 0 Å². The Morgan fingerprint density at radius 2 is 1.17 bits per heavy atom. The molecule has 2 aromatic rings. The summed E-state index contributed by atoms with van der Waals surface area (Å²) in [6.45, 7) is 0. The Morgan fingerprint density at radius 1 is 0.750 bits per heavy atom. The molecule has 0 aromatic carbocycles. The fourth-order valence-electron chi connectivity index (χ4n) is 0.904. The molecular weight excluding hydrogens is 195 g/mol. The maximum Gasteiger partial charge on any atom is 0.0886 e. The zero-order chi connectivity index (χ0) is 6.81. The van der Waals surface area contributed by atoms with E-state index in [0.29, 0.717) is 0 Å². The number of hydrogen-bond acceptors (Lipinski definition) is 2. The SMILES string of the molecule is Cl.Cl.c1cnc2cccnc2c1. The molecule has 0 amide bonds. The van der Waals surface area contributed by atoms with E-state index >= 15 is 0 Å². The Balaban J connectivity index is 0.000000605. The molecule has 2 nitrogen and oxygen atoms in total. The van der Waals surface area contributed by atoms with Crippen LogP contribution in [0.4, 0.5) is 0 Å². The van der Waals surface area contributed by atoms with Gasteiger partial charge in [-0.25, -0.2) is 0 Å². The van der Waals surface area contributed by atoms with Crippen LogP contribution in [0.25, 0.3) is 11.0 Å². The molecule has 0 atom stereocenters. The molecule has 0 saturated carbocycles. The lowest BCUT2D eigenvalue weighted by atomic mass is 10.3. The van der Waals surface area contributed by atoms with Crippen molar-refractivity contribution in [3.8, 4) is 0 Å². The molecule has 2 aromatic heterocycles. The van der Waals surface area contributed by atoms with Crippen molar-refractivity contribution in [3.63, 3.8) is 0 Å². The zero-order valence-corrected chi connectivity index (χ0v) is 7.81. The van der Waals surface area contributed by atoms with Crippen molar-refractivity contribution < 1.29 is 0 Å². The number of hydrogen-bond donors (Lipinski definition) is 0. The van der Waals surface area contributed by atoms with E-state index in [1.807, 2.05) is 24.3 Å². The summed E-state index contributed by atoms with van der Waals surface area (Å²) in [4.78, 5) is 8.24. The van der Waals surface area contributed by atoms with Crippen LogP contribution in [0.15, 0.2) is 36.7 Å². The smallest absolute Gasteiger partial charge is 0.0886 e. The predicted octanol–water partition coefficient (Wildman–Crippen LogP) is 2.47. The fraction of sp³-hybridized carbons (Fsp3) is 0. The largest absolute Gasteiger partial charge is 0.255 e. The first-order valence-corrected chi connectivity index (χ1v) is 3.12. The van der Waals surface area contributed by atoms with E-state index in [2.05, 4.69) is 9.97 Å². The van der Waals surface area contributed by atoms with E-state index in [4.69, 9.17) is 0 Å². The number of nitrogens with zero attached hydrogens (tertiary/aromatic N) is 2. The van der Waals surface area contributed by atoms with Crippen molar-refractivity contribution >= 4 is 35.8 Å². The minimum atomic E-state index is 0. The summed E-state index contributed by atoms with van der Waals surface area (Å²) in [7, 11) is 0. The summed E-state index contributed by atoms with van der Waals surface area (Å²) < 4.78 is 0. The maximum absolute atomic E-state index is 4.12. The molecule has 12 heavy (non-hydrogen) atoms. The van der Waals surface area contributed by atoms with Crippen LogP contribution in [0.1, 0.15) is 0 Å². The standard InChI is InChI=1S/C8H6N2.2ClH/c1-3-7-8(9-5-1)4-2-6-10-7;;/h1-6H;2*1H. The first-order valence-electron chi connectivity index (χ1n) is 3.12. The van der Waals surface area contributed by atoms with Crippen LogP contribution >= 0.6 is 24.8 Å². The molecule has 0 bridgehead atoms. The van der Waals surface area contributed by atoms with E-state index < -0.39 is 0 Å². The Morgan fingerprint density at radius 3 is 1.58 bits per heavy atom. The molecule has 0 fully saturated rings. The van der Waals surface area contributed by atoms with Gasteiger partial charge in [-0.1, -0.05) is 0 Å². The Hall–Kier alpha value is -0.860. The molecule has 2 rings (SSSR count). The highest BCUT2D eigenvalue weighted by atomic mass is 35.5. The average Bonchev–Trinajstić information content (AvgIpc) is 2.05. The second-order valence-electron chi connectivity index (χ2n) is 2.05. The van der Waals surface area contributed by atoms with Gasteiger partial charge in [-0.15, -0.1) is 24.8 Å². The first-order chi connectivity index (χ1) is 4.97. The lowest BCUT2D eigenvalue weighted by Crippen LogP contribution is -1.78. The topological polar surface area (TPSA) is 25.8 Å². The van der Waals surface area contributed by atoms with Crippen molar-refractivity contribution in [2.24, 2.45) is 0 Å². The summed E-state index contributed by atoms with van der Waals surface area (Å²) in [6.07, 6.45) is 3.54. The molecule has 2 heterocycles. The van der Waals surface area contributed by atoms with Gasteiger partial charge in [0.1, 0.15) is 0 Å². The second-order valence-corrected chi connectivity index (χ2v) is 2.05. The second kappa shape index (κ2) is 4.91. The van der Waals surface area contributed by atoms with Crippen LogP contribution in [-0.2, 0) is 0 Å². The molecular formula is C8H8Cl2N2. The van der Waals surface area contributed by atoms with Crippen LogP contribution in [-0.4, -0.2) is 9.97 Å². The van der Waals surface area contributed by atoms with Crippen molar-refractivity contribution in [1.82, 2.24) is 9.97 Å². The van der Waals surface area contributed by atoms with Crippen LogP contribution in [0.3, 0.4) is 0 Å². The minimum Gasteiger partial charge on any atom is -0.255 e. The molecule has 0 spiro atoms. The maximum atomic E-state index is 4.12. The Kier molecular flexibility index (Phi) is 4.55. The highest BCUT2D eigenvalue weighted by Gasteiger charge is 1.88. The molecule has 0 aliphatic heterocycles. The molecule has 4 heteroatoms. The monoisotopic (exact) mass is 202 g/mol. The number of aromatic nitrogens is 2. The number of rotatable bonds is 0. The van der Waals surface area contributed by atoms with Gasteiger partial charge in [0, 0.05) is 12.4 Å². The van der Waals surface area contributed by atoms with Gasteiger partial charge in [0.2, 0.25) is 0 Å².